The molecule has 0 bridgehead atoms. The van der Waals surface area contributed by atoms with Crippen LogP contribution in [0.1, 0.15) is 40.4 Å². The highest BCUT2D eigenvalue weighted by atomic mass is 32.2. The van der Waals surface area contributed by atoms with Gasteiger partial charge >= 0.3 is 0 Å². The summed E-state index contributed by atoms with van der Waals surface area (Å²) < 4.78 is 29.7. The predicted molar refractivity (Wildman–Crippen MR) is 133 cm³/mol. The van der Waals surface area contributed by atoms with Gasteiger partial charge in [0.15, 0.2) is 0 Å². The number of hydrogen-bond acceptors (Lipinski definition) is 3. The van der Waals surface area contributed by atoms with Gasteiger partial charge in [-0.05, 0) is 54.3 Å². The highest BCUT2D eigenvalue weighted by Gasteiger charge is 2.36. The van der Waals surface area contributed by atoms with Gasteiger partial charge in [-0.2, -0.15) is 0 Å². The normalized spacial score (nSPS) is 17.4. The van der Waals surface area contributed by atoms with Gasteiger partial charge < -0.3 is 4.90 Å². The summed E-state index contributed by atoms with van der Waals surface area (Å²) >= 11 is 0. The van der Waals surface area contributed by atoms with Crippen LogP contribution in [-0.4, -0.2) is 17.3 Å². The van der Waals surface area contributed by atoms with E-state index in [1.807, 2.05) is 55.5 Å². The second-order valence-electron chi connectivity index (χ2n) is 8.87. The molecule has 5 heteroatoms. The van der Waals surface area contributed by atoms with E-state index in [1.165, 1.54) is 5.56 Å². The maximum Gasteiger partial charge on any atom is 0.268 e. The average molecular weight is 453 g/mol. The lowest BCUT2D eigenvalue weighted by atomic mass is 9.95. The van der Waals surface area contributed by atoms with E-state index in [2.05, 4.69) is 35.9 Å². The highest BCUT2D eigenvalue weighted by molar-refractivity contribution is 7.90. The lowest BCUT2D eigenvalue weighted by molar-refractivity contribution is 0.272. The molecule has 3 heterocycles. The van der Waals surface area contributed by atoms with Crippen LogP contribution in [0.2, 0.25) is 0 Å². The second-order valence-corrected chi connectivity index (χ2v) is 10.7. The Morgan fingerprint density at radius 3 is 2.48 bits per heavy atom. The molecule has 1 aromatic heterocycles. The van der Waals surface area contributed by atoms with Crippen molar-refractivity contribution in [2.45, 2.75) is 30.8 Å². The molecule has 0 saturated heterocycles. The van der Waals surface area contributed by atoms with Gasteiger partial charge in [-0.15, -0.1) is 0 Å². The molecule has 0 aliphatic carbocycles. The molecule has 0 amide bonds. The van der Waals surface area contributed by atoms with Gasteiger partial charge in [0.2, 0.25) is 0 Å². The van der Waals surface area contributed by atoms with Crippen molar-refractivity contribution in [3.05, 3.63) is 114 Å². The summed E-state index contributed by atoms with van der Waals surface area (Å²) in [5, 5.41) is 0.950. The molecular formula is C28H24N2O2S. The summed E-state index contributed by atoms with van der Waals surface area (Å²) in [5.41, 5.74) is 6.92. The fraction of sp³-hybridized carbons (Fsp3) is 0.143. The zero-order chi connectivity index (χ0) is 22.7. The molecule has 2 aliphatic heterocycles. The first-order valence-corrected chi connectivity index (χ1v) is 12.5. The molecule has 0 saturated carbocycles. The van der Waals surface area contributed by atoms with Crippen molar-refractivity contribution in [1.82, 2.24) is 8.87 Å². The van der Waals surface area contributed by atoms with Gasteiger partial charge in [0.1, 0.15) is 0 Å². The molecule has 0 radical (unpaired) electrons. The van der Waals surface area contributed by atoms with Crippen molar-refractivity contribution in [3.8, 4) is 0 Å². The van der Waals surface area contributed by atoms with E-state index in [9.17, 15) is 8.42 Å². The van der Waals surface area contributed by atoms with Crippen LogP contribution >= 0.6 is 0 Å². The lowest BCUT2D eigenvalue weighted by Gasteiger charge is -2.33. The summed E-state index contributed by atoms with van der Waals surface area (Å²) in [7, 11) is -3.80. The Labute approximate surface area is 194 Å². The molecule has 4 aromatic rings. The van der Waals surface area contributed by atoms with E-state index >= 15 is 0 Å². The Morgan fingerprint density at radius 2 is 1.67 bits per heavy atom. The fourth-order valence-electron chi connectivity index (χ4n) is 5.17. The Balaban J connectivity index is 1.61. The number of rotatable bonds is 2. The zero-order valence-corrected chi connectivity index (χ0v) is 19.2. The van der Waals surface area contributed by atoms with Crippen LogP contribution in [0.25, 0.3) is 22.6 Å². The van der Waals surface area contributed by atoms with Gasteiger partial charge in [-0.1, -0.05) is 66.7 Å². The monoisotopic (exact) mass is 452 g/mol. The van der Waals surface area contributed by atoms with E-state index < -0.39 is 10.0 Å². The smallest absolute Gasteiger partial charge is 0.268 e. The van der Waals surface area contributed by atoms with Gasteiger partial charge in [-0.3, -0.25) is 0 Å². The van der Waals surface area contributed by atoms with Crippen LogP contribution in [0.15, 0.2) is 90.5 Å². The Bertz CT molecular complexity index is 1560. The summed E-state index contributed by atoms with van der Waals surface area (Å²) in [6, 6.07) is 23.1. The summed E-state index contributed by atoms with van der Waals surface area (Å²) in [6.07, 6.45) is 4.83. The van der Waals surface area contributed by atoms with E-state index in [0.29, 0.717) is 23.4 Å². The number of para-hydroxylation sites is 1. The summed E-state index contributed by atoms with van der Waals surface area (Å²) in [5.74, 6) is 0. The van der Waals surface area contributed by atoms with Crippen LogP contribution in [0.4, 0.5) is 0 Å². The first kappa shape index (κ1) is 20.1. The van der Waals surface area contributed by atoms with Crippen molar-refractivity contribution in [1.29, 1.82) is 0 Å². The number of fused-ring (bicyclic) bond motifs is 6. The third-order valence-corrected chi connectivity index (χ3v) is 8.55. The second kappa shape index (κ2) is 7.22. The third kappa shape index (κ3) is 3.00. The van der Waals surface area contributed by atoms with Gasteiger partial charge in [0.05, 0.1) is 22.1 Å². The van der Waals surface area contributed by atoms with Crippen LogP contribution in [0, 0.1) is 6.92 Å². The molecule has 3 aromatic carbocycles. The fourth-order valence-corrected chi connectivity index (χ4v) is 6.76. The number of benzene rings is 3. The number of aromatic nitrogens is 1. The maximum absolute atomic E-state index is 14.1. The quantitative estimate of drug-likeness (QED) is 0.367. The van der Waals surface area contributed by atoms with Crippen LogP contribution in [-0.2, 0) is 16.6 Å². The van der Waals surface area contributed by atoms with Gasteiger partial charge in [0, 0.05) is 23.7 Å². The minimum Gasteiger partial charge on any atom is -0.364 e. The molecule has 6 rings (SSSR count). The molecular weight excluding hydrogens is 428 g/mol. The first-order chi connectivity index (χ1) is 15.9. The summed E-state index contributed by atoms with van der Waals surface area (Å²) in [6.45, 7) is 7.05. The van der Waals surface area contributed by atoms with E-state index in [4.69, 9.17) is 0 Å². The Hall–Kier alpha value is -3.57. The average Bonchev–Trinajstić information content (AvgIpc) is 3.08. The van der Waals surface area contributed by atoms with Crippen molar-refractivity contribution < 1.29 is 8.42 Å². The van der Waals surface area contributed by atoms with Gasteiger partial charge in [-0.25, -0.2) is 12.4 Å². The molecule has 1 atom stereocenters. The minimum atomic E-state index is -3.80. The third-order valence-electron chi connectivity index (χ3n) is 6.81. The predicted octanol–water partition coefficient (Wildman–Crippen LogP) is 6.13. The summed E-state index contributed by atoms with van der Waals surface area (Å²) in [4.78, 5) is 2.55. The van der Waals surface area contributed by atoms with E-state index in [0.717, 1.165) is 33.3 Å². The largest absolute Gasteiger partial charge is 0.364 e. The molecule has 164 valence electrons. The standard InChI is InChI=1S/C28H24N2O2S/c1-19-11-13-22(14-12-19)33(31,32)30-26-10-6-5-9-24(26)25-15-16-29-18-21-7-3-4-8-23(21)20(2)17-27(29)28(25)30/h3-16,27H,2,17-18H2,1H3. The number of nitrogens with zero attached hydrogens (tertiary/aromatic N) is 2. The molecule has 0 N–H and O–H groups in total. The zero-order valence-electron chi connectivity index (χ0n) is 18.4. The van der Waals surface area contributed by atoms with Crippen molar-refractivity contribution in [3.63, 3.8) is 0 Å². The molecule has 0 fully saturated rings. The molecule has 4 nitrogen and oxygen atoms in total. The van der Waals surface area contributed by atoms with Crippen LogP contribution in [0.3, 0.4) is 0 Å². The van der Waals surface area contributed by atoms with Crippen molar-refractivity contribution >= 4 is 32.6 Å². The topological polar surface area (TPSA) is 42.3 Å². The molecule has 0 spiro atoms. The molecule has 1 unspecified atom stereocenters. The maximum atomic E-state index is 14.1. The van der Waals surface area contributed by atoms with E-state index in [-0.39, 0.29) is 6.04 Å². The molecule has 33 heavy (non-hydrogen) atoms. The first-order valence-electron chi connectivity index (χ1n) is 11.1. The minimum absolute atomic E-state index is 0.127. The van der Waals surface area contributed by atoms with Crippen LogP contribution in [0.5, 0.6) is 0 Å². The molecule has 2 aliphatic rings. The van der Waals surface area contributed by atoms with Crippen molar-refractivity contribution in [2.24, 2.45) is 0 Å². The Morgan fingerprint density at radius 1 is 0.939 bits per heavy atom. The number of aryl methyl sites for hydroxylation is 1. The number of hydrogen-bond donors (Lipinski definition) is 0. The SMILES string of the molecule is C=C1CC2c3c(c4ccccc4n3S(=O)(=O)c3ccc(C)cc3)C=CN2Cc2ccccc21. The van der Waals surface area contributed by atoms with E-state index in [1.54, 1.807) is 16.1 Å². The van der Waals surface area contributed by atoms with Crippen molar-refractivity contribution in [2.75, 3.05) is 0 Å². The van der Waals surface area contributed by atoms with Crippen LogP contribution < -0.4 is 0 Å². The lowest BCUT2D eigenvalue weighted by Crippen LogP contribution is -2.29. The highest BCUT2D eigenvalue weighted by Crippen LogP contribution is 2.45. The Kier molecular flexibility index (Phi) is 4.39. The van der Waals surface area contributed by atoms with Gasteiger partial charge in [0.25, 0.3) is 10.0 Å².